The number of aldehydes is 1. The lowest BCUT2D eigenvalue weighted by Gasteiger charge is -2.36. The van der Waals surface area contributed by atoms with Crippen LogP contribution in [0.2, 0.25) is 0 Å². The van der Waals surface area contributed by atoms with Gasteiger partial charge in [-0.3, -0.25) is 0 Å². The molecule has 0 bridgehead atoms. The lowest BCUT2D eigenvalue weighted by atomic mass is 9.81. The summed E-state index contributed by atoms with van der Waals surface area (Å²) in [5, 5.41) is 0. The zero-order chi connectivity index (χ0) is 15.2. The van der Waals surface area contributed by atoms with Gasteiger partial charge in [-0.2, -0.15) is 0 Å². The Bertz CT molecular complexity index is 740. The SMILES string of the molecule is COc1ccc2c(c1)OCCC21OC(C=O)c2ccccc21. The number of methoxy groups -OCH3 is 1. The first kappa shape index (κ1) is 13.3. The van der Waals surface area contributed by atoms with Gasteiger partial charge in [-0.1, -0.05) is 24.3 Å². The highest BCUT2D eigenvalue weighted by molar-refractivity contribution is 5.66. The molecule has 0 saturated carbocycles. The minimum Gasteiger partial charge on any atom is -0.497 e. The summed E-state index contributed by atoms with van der Waals surface area (Å²) in [7, 11) is 1.63. The van der Waals surface area contributed by atoms with Crippen LogP contribution in [-0.4, -0.2) is 20.0 Å². The van der Waals surface area contributed by atoms with E-state index in [1.165, 1.54) is 0 Å². The summed E-state index contributed by atoms with van der Waals surface area (Å²) in [4.78, 5) is 11.4. The smallest absolute Gasteiger partial charge is 0.153 e. The van der Waals surface area contributed by atoms with Crippen molar-refractivity contribution in [3.05, 3.63) is 59.2 Å². The zero-order valence-electron chi connectivity index (χ0n) is 12.2. The lowest BCUT2D eigenvalue weighted by Crippen LogP contribution is -2.34. The minimum atomic E-state index is -0.609. The number of rotatable bonds is 2. The largest absolute Gasteiger partial charge is 0.497 e. The van der Waals surface area contributed by atoms with Gasteiger partial charge in [-0.25, -0.2) is 0 Å². The molecule has 4 rings (SSSR count). The zero-order valence-corrected chi connectivity index (χ0v) is 12.2. The lowest BCUT2D eigenvalue weighted by molar-refractivity contribution is -0.128. The van der Waals surface area contributed by atoms with Gasteiger partial charge >= 0.3 is 0 Å². The number of benzene rings is 2. The molecule has 2 aromatic carbocycles. The molecule has 2 unspecified atom stereocenters. The van der Waals surface area contributed by atoms with Crippen molar-refractivity contribution in [3.8, 4) is 11.5 Å². The van der Waals surface area contributed by atoms with Gasteiger partial charge in [0, 0.05) is 18.1 Å². The molecule has 0 radical (unpaired) electrons. The normalized spacial score (nSPS) is 25.2. The van der Waals surface area contributed by atoms with Gasteiger partial charge in [-0.05, 0) is 23.3 Å². The van der Waals surface area contributed by atoms with Gasteiger partial charge in [0.2, 0.25) is 0 Å². The van der Waals surface area contributed by atoms with E-state index in [0.29, 0.717) is 13.0 Å². The Labute approximate surface area is 128 Å². The Kier molecular flexibility index (Phi) is 2.94. The molecule has 0 N–H and O–H groups in total. The number of hydrogen-bond donors (Lipinski definition) is 0. The van der Waals surface area contributed by atoms with Crippen LogP contribution in [0.3, 0.4) is 0 Å². The molecule has 2 heterocycles. The molecule has 4 nitrogen and oxygen atoms in total. The maximum absolute atomic E-state index is 11.4. The second-order valence-corrected chi connectivity index (χ2v) is 5.55. The number of carbonyl (C=O) groups is 1. The van der Waals surface area contributed by atoms with Crippen LogP contribution < -0.4 is 9.47 Å². The van der Waals surface area contributed by atoms with Crippen molar-refractivity contribution < 1.29 is 19.0 Å². The van der Waals surface area contributed by atoms with Crippen LogP contribution in [0.15, 0.2) is 42.5 Å². The Hall–Kier alpha value is -2.33. The first-order chi connectivity index (χ1) is 10.8. The van der Waals surface area contributed by atoms with Gasteiger partial charge in [-0.15, -0.1) is 0 Å². The molecule has 0 fully saturated rings. The minimum absolute atomic E-state index is 0.524. The molecule has 1 spiro atoms. The molecular formula is C18H16O4. The third kappa shape index (κ3) is 1.70. The van der Waals surface area contributed by atoms with Gasteiger partial charge in [0.25, 0.3) is 0 Å². The molecule has 0 aliphatic carbocycles. The van der Waals surface area contributed by atoms with Crippen molar-refractivity contribution in [1.82, 2.24) is 0 Å². The highest BCUT2D eigenvalue weighted by Crippen LogP contribution is 2.53. The van der Waals surface area contributed by atoms with Crippen LogP contribution in [0.1, 0.15) is 29.2 Å². The second kappa shape index (κ2) is 4.85. The summed E-state index contributed by atoms with van der Waals surface area (Å²) in [5.74, 6) is 1.50. The monoisotopic (exact) mass is 296 g/mol. The van der Waals surface area contributed by atoms with E-state index in [0.717, 1.165) is 34.5 Å². The molecule has 2 aromatic rings. The van der Waals surface area contributed by atoms with Gasteiger partial charge in [0.15, 0.2) is 6.29 Å². The fraction of sp³-hybridized carbons (Fsp3) is 0.278. The van der Waals surface area contributed by atoms with E-state index >= 15 is 0 Å². The summed E-state index contributed by atoms with van der Waals surface area (Å²) in [6, 6.07) is 13.7. The van der Waals surface area contributed by atoms with Crippen LogP contribution in [0, 0.1) is 0 Å². The van der Waals surface area contributed by atoms with Crippen molar-refractivity contribution in [2.75, 3.05) is 13.7 Å². The van der Waals surface area contributed by atoms with Gasteiger partial charge < -0.3 is 19.0 Å². The van der Waals surface area contributed by atoms with Crippen molar-refractivity contribution in [3.63, 3.8) is 0 Å². The molecule has 4 heteroatoms. The average Bonchev–Trinajstić information content (AvgIpc) is 2.90. The Morgan fingerprint density at radius 3 is 2.91 bits per heavy atom. The Morgan fingerprint density at radius 2 is 2.09 bits per heavy atom. The van der Waals surface area contributed by atoms with E-state index in [1.54, 1.807) is 7.11 Å². The summed E-state index contributed by atoms with van der Waals surface area (Å²) in [5.41, 5.74) is 2.35. The quantitative estimate of drug-likeness (QED) is 0.799. The topological polar surface area (TPSA) is 44.8 Å². The van der Waals surface area contributed by atoms with Crippen LogP contribution in [-0.2, 0) is 15.1 Å². The van der Waals surface area contributed by atoms with Crippen molar-refractivity contribution >= 4 is 6.29 Å². The van der Waals surface area contributed by atoms with E-state index < -0.39 is 11.7 Å². The van der Waals surface area contributed by atoms with Crippen LogP contribution in [0.25, 0.3) is 0 Å². The Morgan fingerprint density at radius 1 is 1.23 bits per heavy atom. The van der Waals surface area contributed by atoms with E-state index in [1.807, 2.05) is 42.5 Å². The Balaban J connectivity index is 1.93. The molecule has 0 aromatic heterocycles. The fourth-order valence-electron chi connectivity index (χ4n) is 3.48. The number of carbonyl (C=O) groups excluding carboxylic acids is 1. The predicted octanol–water partition coefficient (Wildman–Crippen LogP) is 2.99. The van der Waals surface area contributed by atoms with E-state index in [4.69, 9.17) is 14.2 Å². The molecular weight excluding hydrogens is 280 g/mol. The van der Waals surface area contributed by atoms with Crippen LogP contribution >= 0.6 is 0 Å². The number of hydrogen-bond acceptors (Lipinski definition) is 4. The van der Waals surface area contributed by atoms with E-state index in [2.05, 4.69) is 0 Å². The number of fused-ring (bicyclic) bond motifs is 4. The standard InChI is InChI=1S/C18H16O4/c1-20-12-6-7-15-16(10-12)21-9-8-18(15)14-5-3-2-4-13(14)17(11-19)22-18/h2-7,10-11,17H,8-9H2,1H3. The molecule has 0 amide bonds. The summed E-state index contributed by atoms with van der Waals surface area (Å²) >= 11 is 0. The predicted molar refractivity (Wildman–Crippen MR) is 80.2 cm³/mol. The van der Waals surface area contributed by atoms with E-state index in [9.17, 15) is 4.79 Å². The second-order valence-electron chi connectivity index (χ2n) is 5.55. The third-order valence-electron chi connectivity index (χ3n) is 4.49. The maximum atomic E-state index is 11.4. The third-order valence-corrected chi connectivity index (χ3v) is 4.49. The summed E-state index contributed by atoms with van der Waals surface area (Å²) < 4.78 is 17.3. The van der Waals surface area contributed by atoms with Crippen LogP contribution in [0.5, 0.6) is 11.5 Å². The number of ether oxygens (including phenoxy) is 3. The van der Waals surface area contributed by atoms with Gasteiger partial charge in [0.1, 0.15) is 23.2 Å². The first-order valence-corrected chi connectivity index (χ1v) is 7.32. The molecule has 0 saturated heterocycles. The average molecular weight is 296 g/mol. The molecule has 22 heavy (non-hydrogen) atoms. The molecule has 2 atom stereocenters. The highest BCUT2D eigenvalue weighted by atomic mass is 16.5. The summed E-state index contributed by atoms with van der Waals surface area (Å²) in [6.45, 7) is 0.542. The van der Waals surface area contributed by atoms with E-state index in [-0.39, 0.29) is 0 Å². The maximum Gasteiger partial charge on any atom is 0.153 e. The highest BCUT2D eigenvalue weighted by Gasteiger charge is 2.49. The first-order valence-electron chi connectivity index (χ1n) is 7.32. The fourth-order valence-corrected chi connectivity index (χ4v) is 3.48. The molecule has 2 aliphatic rings. The van der Waals surface area contributed by atoms with Crippen molar-refractivity contribution in [2.24, 2.45) is 0 Å². The van der Waals surface area contributed by atoms with Gasteiger partial charge in [0.05, 0.1) is 13.7 Å². The van der Waals surface area contributed by atoms with Crippen LogP contribution in [0.4, 0.5) is 0 Å². The summed E-state index contributed by atoms with van der Waals surface area (Å²) in [6.07, 6.45) is 1.03. The molecule has 2 aliphatic heterocycles. The van der Waals surface area contributed by atoms with Crippen molar-refractivity contribution in [2.45, 2.75) is 18.1 Å². The molecule has 112 valence electrons. The van der Waals surface area contributed by atoms with Crippen molar-refractivity contribution in [1.29, 1.82) is 0 Å².